The SMILES string of the molecule is C.C.CC.CC.CC.CC.CC.COC.COC.[Y].[c-]1ccccc1.[c-]1ccccc1.c1ccc(Cc2ccccc2)cc1. The maximum absolute atomic E-state index is 4.25. The second kappa shape index (κ2) is 78.0. The Morgan fingerprint density at radius 3 is 0.705 bits per heavy atom. The van der Waals surface area contributed by atoms with Crippen molar-refractivity contribution in [3.05, 3.63) is 145 Å². The second-order valence-electron chi connectivity index (χ2n) is 6.12. The quantitative estimate of drug-likeness (QED) is 0.196. The Kier molecular flexibility index (Phi) is 115. The first kappa shape index (κ1) is 64.8. The molecule has 0 amide bonds. The Bertz CT molecular complexity index is 672. The van der Waals surface area contributed by atoms with Gasteiger partial charge >= 0.3 is 0 Å². The molecule has 4 aromatic rings. The fourth-order valence-corrected chi connectivity index (χ4v) is 2.11. The molecule has 0 saturated carbocycles. The largest absolute Gasteiger partial charge is 0.388 e. The summed E-state index contributed by atoms with van der Waals surface area (Å²) in [5, 5.41) is 0. The molecule has 3 heteroatoms. The van der Waals surface area contributed by atoms with Gasteiger partial charge in [-0.1, -0.05) is 145 Å². The summed E-state index contributed by atoms with van der Waals surface area (Å²) in [5.74, 6) is 0. The molecule has 0 aliphatic rings. The minimum absolute atomic E-state index is 0. The first-order valence-corrected chi connectivity index (χ1v) is 15.0. The van der Waals surface area contributed by atoms with Gasteiger partial charge in [-0.15, -0.1) is 0 Å². The molecule has 1 radical (unpaired) electrons. The molecular weight excluding hydrogens is 613 g/mol. The van der Waals surface area contributed by atoms with E-state index in [0.717, 1.165) is 6.42 Å². The fourth-order valence-electron chi connectivity index (χ4n) is 2.11. The van der Waals surface area contributed by atoms with E-state index in [1.807, 2.05) is 130 Å². The van der Waals surface area contributed by atoms with Crippen LogP contribution in [-0.2, 0) is 48.6 Å². The van der Waals surface area contributed by atoms with E-state index in [9.17, 15) is 0 Å². The van der Waals surface area contributed by atoms with Gasteiger partial charge in [-0.25, -0.2) is 0 Å². The van der Waals surface area contributed by atoms with Gasteiger partial charge in [-0.2, -0.15) is 72.8 Å². The van der Waals surface area contributed by atoms with Crippen LogP contribution in [0.4, 0.5) is 0 Å². The van der Waals surface area contributed by atoms with E-state index in [4.69, 9.17) is 0 Å². The van der Waals surface area contributed by atoms with E-state index in [1.165, 1.54) is 11.1 Å². The first-order chi connectivity index (χ1) is 20.3. The number of benzene rings is 4. The third-order valence-electron chi connectivity index (χ3n) is 3.31. The predicted octanol–water partition coefficient (Wildman–Crippen LogP) is 13.2. The van der Waals surface area contributed by atoms with Gasteiger partial charge in [0.15, 0.2) is 0 Å². The smallest absolute Gasteiger partial charge is 0.0351 e. The van der Waals surface area contributed by atoms with Crippen LogP contribution in [-0.4, -0.2) is 28.4 Å². The van der Waals surface area contributed by atoms with Crippen molar-refractivity contribution in [3.63, 3.8) is 0 Å². The number of hydrogen-bond acceptors (Lipinski definition) is 2. The molecule has 0 aliphatic heterocycles. The Labute approximate surface area is 303 Å². The summed E-state index contributed by atoms with van der Waals surface area (Å²) in [6.07, 6.45) is 1.03. The third kappa shape index (κ3) is 67.5. The first-order valence-electron chi connectivity index (χ1n) is 15.0. The zero-order valence-electron chi connectivity index (χ0n) is 29.6. The molecule has 0 N–H and O–H groups in total. The number of hydrogen-bond donors (Lipinski definition) is 0. The Hall–Kier alpha value is -2.10. The van der Waals surface area contributed by atoms with Crippen LogP contribution in [0.3, 0.4) is 0 Å². The van der Waals surface area contributed by atoms with Gasteiger partial charge < -0.3 is 9.47 Å². The van der Waals surface area contributed by atoms with Crippen molar-refractivity contribution in [1.29, 1.82) is 0 Å². The predicted molar refractivity (Wildman–Crippen MR) is 202 cm³/mol. The Morgan fingerprint density at radius 1 is 0.386 bits per heavy atom. The summed E-state index contributed by atoms with van der Waals surface area (Å²) in [6, 6.07) is 46.1. The average Bonchev–Trinajstić information content (AvgIpc) is 3.10. The van der Waals surface area contributed by atoms with Crippen molar-refractivity contribution in [2.45, 2.75) is 90.5 Å². The summed E-state index contributed by atoms with van der Waals surface area (Å²) >= 11 is 0. The van der Waals surface area contributed by atoms with Crippen LogP contribution >= 0.6 is 0 Å². The molecule has 0 saturated heterocycles. The molecule has 0 bridgehead atoms. The summed E-state index contributed by atoms with van der Waals surface area (Å²) in [5.41, 5.74) is 2.74. The number of rotatable bonds is 2. The minimum atomic E-state index is 0. The maximum Gasteiger partial charge on any atom is 0.0351 e. The molecule has 4 rings (SSSR count). The van der Waals surface area contributed by atoms with Crippen LogP contribution < -0.4 is 0 Å². The van der Waals surface area contributed by atoms with Gasteiger partial charge in [0.05, 0.1) is 0 Å². The van der Waals surface area contributed by atoms with E-state index >= 15 is 0 Å². The Balaban J connectivity index is -0.0000000492. The maximum atomic E-state index is 4.25. The van der Waals surface area contributed by atoms with Gasteiger partial charge in [-0.3, -0.25) is 0 Å². The molecule has 0 fully saturated rings. The van der Waals surface area contributed by atoms with Crippen LogP contribution in [0.2, 0.25) is 0 Å². The van der Waals surface area contributed by atoms with Crippen molar-refractivity contribution in [2.24, 2.45) is 0 Å². The molecule has 2 nitrogen and oxygen atoms in total. The summed E-state index contributed by atoms with van der Waals surface area (Å²) < 4.78 is 8.50. The van der Waals surface area contributed by atoms with Crippen LogP contribution in [0.25, 0.3) is 0 Å². The number of methoxy groups -OCH3 is 2. The minimum Gasteiger partial charge on any atom is -0.388 e. The van der Waals surface area contributed by atoms with Crippen molar-refractivity contribution < 1.29 is 42.2 Å². The summed E-state index contributed by atoms with van der Waals surface area (Å²) in [6.45, 7) is 20.0. The van der Waals surface area contributed by atoms with Gasteiger partial charge in [-0.05, 0) is 17.5 Å². The molecule has 4 aromatic carbocycles. The average molecular weight is 686 g/mol. The van der Waals surface area contributed by atoms with E-state index in [-0.39, 0.29) is 47.6 Å². The molecule has 253 valence electrons. The Morgan fingerprint density at radius 2 is 0.568 bits per heavy atom. The zero-order chi connectivity index (χ0) is 32.8. The molecule has 0 atom stereocenters. The van der Waals surface area contributed by atoms with E-state index in [0.29, 0.717) is 0 Å². The topological polar surface area (TPSA) is 18.5 Å². The standard InChI is InChI=1S/C13H12.2C6H5.2C2H6O.5C2H6.2CH4.Y/c1-3-7-12(8-4-1)11-13-9-5-2-6-10-13;2*1-2-4-6-5-3-1;2*1-3-2;5*1-2;;;/h1-10H,11H2;2*1-5H;2*1-2H3;5*1-2H3;2*1H4;/q;2*-1;;;;;;;;;;. The molecule has 0 spiro atoms. The molecule has 44 heavy (non-hydrogen) atoms. The molecule has 0 heterocycles. The summed E-state index contributed by atoms with van der Waals surface area (Å²) in [7, 11) is 6.50. The van der Waals surface area contributed by atoms with E-state index in [2.05, 4.69) is 82.3 Å². The van der Waals surface area contributed by atoms with Crippen molar-refractivity contribution in [3.8, 4) is 0 Å². The van der Waals surface area contributed by atoms with E-state index < -0.39 is 0 Å². The van der Waals surface area contributed by atoms with Crippen molar-refractivity contribution >= 4 is 0 Å². The number of ether oxygens (including phenoxy) is 2. The van der Waals surface area contributed by atoms with Crippen LogP contribution in [0.5, 0.6) is 0 Å². The summed E-state index contributed by atoms with van der Waals surface area (Å²) in [4.78, 5) is 0. The molecule has 0 aromatic heterocycles. The van der Waals surface area contributed by atoms with Gasteiger partial charge in [0, 0.05) is 61.1 Å². The van der Waals surface area contributed by atoms with Crippen LogP contribution in [0.15, 0.2) is 121 Å². The molecular formula is C41H72O2Y-2. The second-order valence-corrected chi connectivity index (χ2v) is 6.12. The van der Waals surface area contributed by atoms with E-state index in [1.54, 1.807) is 28.4 Å². The normalized spacial score (nSPS) is 6.59. The third-order valence-corrected chi connectivity index (χ3v) is 3.31. The molecule has 0 unspecified atom stereocenters. The van der Waals surface area contributed by atoms with Crippen molar-refractivity contribution in [1.82, 2.24) is 0 Å². The van der Waals surface area contributed by atoms with Crippen LogP contribution in [0.1, 0.15) is 95.2 Å². The van der Waals surface area contributed by atoms with Gasteiger partial charge in [0.1, 0.15) is 0 Å². The monoisotopic (exact) mass is 685 g/mol. The van der Waals surface area contributed by atoms with Gasteiger partial charge in [0.2, 0.25) is 0 Å². The van der Waals surface area contributed by atoms with Gasteiger partial charge in [0.25, 0.3) is 0 Å². The van der Waals surface area contributed by atoms with Crippen LogP contribution in [0, 0.1) is 12.1 Å². The van der Waals surface area contributed by atoms with Crippen molar-refractivity contribution in [2.75, 3.05) is 28.4 Å². The zero-order valence-corrected chi connectivity index (χ0v) is 32.5. The fraction of sp³-hybridized carbons (Fsp3) is 0.415. The molecule has 0 aliphatic carbocycles.